The molecule has 1 aromatic carbocycles. The fourth-order valence-corrected chi connectivity index (χ4v) is 1.87. The summed E-state index contributed by atoms with van der Waals surface area (Å²) < 4.78 is 16.4. The van der Waals surface area contributed by atoms with Crippen molar-refractivity contribution in [3.63, 3.8) is 0 Å². The molecule has 2 aromatic rings. The summed E-state index contributed by atoms with van der Waals surface area (Å²) in [4.78, 5) is 7.90. The van der Waals surface area contributed by atoms with Gasteiger partial charge in [-0.2, -0.15) is 4.98 Å². The summed E-state index contributed by atoms with van der Waals surface area (Å²) in [5, 5.41) is 0.295. The molecule has 0 bridgehead atoms. The van der Waals surface area contributed by atoms with Gasteiger partial charge in [0.25, 0.3) is 0 Å². The van der Waals surface area contributed by atoms with Gasteiger partial charge in [-0.05, 0) is 34.1 Å². The molecule has 19 heavy (non-hydrogen) atoms. The second kappa shape index (κ2) is 6.08. The van der Waals surface area contributed by atoms with Crippen LogP contribution in [0.5, 0.6) is 23.4 Å². The van der Waals surface area contributed by atoms with E-state index < -0.39 is 0 Å². The summed E-state index contributed by atoms with van der Waals surface area (Å²) in [5.41, 5.74) is 0. The lowest BCUT2D eigenvalue weighted by atomic mass is 10.3. The summed E-state index contributed by atoms with van der Waals surface area (Å²) >= 11 is 9.35. The van der Waals surface area contributed by atoms with E-state index in [0.717, 1.165) is 4.47 Å². The minimum Gasteiger partial charge on any atom is -0.497 e. The van der Waals surface area contributed by atoms with Crippen molar-refractivity contribution in [3.8, 4) is 23.4 Å². The molecule has 5 nitrogen and oxygen atoms in total. The number of nitrogens with zero attached hydrogens (tertiary/aromatic N) is 2. The molecule has 7 heteroatoms. The van der Waals surface area contributed by atoms with Crippen LogP contribution in [-0.4, -0.2) is 24.2 Å². The maximum atomic E-state index is 5.97. The van der Waals surface area contributed by atoms with E-state index in [-0.39, 0.29) is 11.9 Å². The van der Waals surface area contributed by atoms with Crippen molar-refractivity contribution < 1.29 is 14.2 Å². The first-order valence-corrected chi connectivity index (χ1v) is 6.39. The molecule has 0 fully saturated rings. The molecule has 0 radical (unpaired) electrons. The zero-order valence-corrected chi connectivity index (χ0v) is 12.5. The lowest BCUT2D eigenvalue weighted by Crippen LogP contribution is -1.96. The van der Waals surface area contributed by atoms with E-state index in [1.54, 1.807) is 25.3 Å². The molecule has 0 saturated carbocycles. The highest BCUT2D eigenvalue weighted by molar-refractivity contribution is 9.10. The van der Waals surface area contributed by atoms with Crippen molar-refractivity contribution in [2.24, 2.45) is 0 Å². The fourth-order valence-electron chi connectivity index (χ4n) is 1.30. The van der Waals surface area contributed by atoms with Gasteiger partial charge in [-0.1, -0.05) is 11.6 Å². The minimum absolute atomic E-state index is 0.184. The zero-order valence-electron chi connectivity index (χ0n) is 10.2. The summed E-state index contributed by atoms with van der Waals surface area (Å²) in [6, 6.07) is 5.48. The number of aromatic nitrogens is 2. The molecule has 100 valence electrons. The number of hydrogen-bond donors (Lipinski definition) is 0. The quantitative estimate of drug-likeness (QED) is 0.845. The Bertz CT molecular complexity index is 595. The number of ether oxygens (including phenoxy) is 3. The predicted molar refractivity (Wildman–Crippen MR) is 74.4 cm³/mol. The Morgan fingerprint density at radius 3 is 2.63 bits per heavy atom. The maximum absolute atomic E-state index is 5.97. The summed E-state index contributed by atoms with van der Waals surface area (Å²) in [6.45, 7) is 0. The molecule has 1 heterocycles. The first kappa shape index (κ1) is 13.9. The monoisotopic (exact) mass is 344 g/mol. The van der Waals surface area contributed by atoms with E-state index in [1.165, 1.54) is 13.3 Å². The fraction of sp³-hybridized carbons (Fsp3) is 0.167. The molecule has 1 aromatic heterocycles. The van der Waals surface area contributed by atoms with Gasteiger partial charge in [0.2, 0.25) is 5.88 Å². The molecular formula is C12H10BrClN2O3. The van der Waals surface area contributed by atoms with E-state index >= 15 is 0 Å². The minimum atomic E-state index is 0.184. The summed E-state index contributed by atoms with van der Waals surface area (Å²) in [5.74, 6) is 1.49. The molecule has 2 rings (SSSR count). The molecule has 0 aliphatic carbocycles. The third kappa shape index (κ3) is 3.27. The van der Waals surface area contributed by atoms with Crippen molar-refractivity contribution in [1.82, 2.24) is 9.97 Å². The topological polar surface area (TPSA) is 53.5 Å². The third-order valence-electron chi connectivity index (χ3n) is 2.22. The molecular weight excluding hydrogens is 336 g/mol. The molecule has 0 aliphatic heterocycles. The largest absolute Gasteiger partial charge is 0.497 e. The van der Waals surface area contributed by atoms with Crippen molar-refractivity contribution in [2.45, 2.75) is 0 Å². The van der Waals surface area contributed by atoms with Gasteiger partial charge in [0.1, 0.15) is 16.5 Å². The van der Waals surface area contributed by atoms with Gasteiger partial charge in [0, 0.05) is 0 Å². The van der Waals surface area contributed by atoms with E-state index in [0.29, 0.717) is 16.5 Å². The van der Waals surface area contributed by atoms with E-state index in [1.807, 2.05) is 0 Å². The summed E-state index contributed by atoms with van der Waals surface area (Å²) in [7, 11) is 3.06. The molecule has 0 spiro atoms. The van der Waals surface area contributed by atoms with Crippen LogP contribution in [0.15, 0.2) is 28.9 Å². The van der Waals surface area contributed by atoms with Crippen LogP contribution in [0.2, 0.25) is 5.02 Å². The average Bonchev–Trinajstić information content (AvgIpc) is 2.43. The molecule has 0 N–H and O–H groups in total. The lowest BCUT2D eigenvalue weighted by molar-refractivity contribution is 0.365. The van der Waals surface area contributed by atoms with Gasteiger partial charge < -0.3 is 14.2 Å². The van der Waals surface area contributed by atoms with Crippen LogP contribution >= 0.6 is 27.5 Å². The average molecular weight is 346 g/mol. The second-order valence-electron chi connectivity index (χ2n) is 3.41. The van der Waals surface area contributed by atoms with Gasteiger partial charge >= 0.3 is 6.01 Å². The number of hydrogen-bond acceptors (Lipinski definition) is 5. The Hall–Kier alpha value is -1.53. The zero-order chi connectivity index (χ0) is 13.8. The maximum Gasteiger partial charge on any atom is 0.319 e. The van der Waals surface area contributed by atoms with E-state index in [2.05, 4.69) is 25.9 Å². The Morgan fingerprint density at radius 1 is 1.21 bits per heavy atom. The van der Waals surface area contributed by atoms with Gasteiger partial charge in [-0.25, -0.2) is 4.98 Å². The number of methoxy groups -OCH3 is 2. The van der Waals surface area contributed by atoms with Crippen LogP contribution in [-0.2, 0) is 0 Å². The van der Waals surface area contributed by atoms with Gasteiger partial charge in [0.05, 0.1) is 24.9 Å². The Labute approximate surface area is 123 Å². The first-order valence-electron chi connectivity index (χ1n) is 5.22. The van der Waals surface area contributed by atoms with Crippen LogP contribution in [0.3, 0.4) is 0 Å². The number of rotatable bonds is 4. The van der Waals surface area contributed by atoms with E-state index in [9.17, 15) is 0 Å². The van der Waals surface area contributed by atoms with Crippen molar-refractivity contribution in [3.05, 3.63) is 33.9 Å². The second-order valence-corrected chi connectivity index (χ2v) is 4.67. The van der Waals surface area contributed by atoms with Crippen LogP contribution in [0.1, 0.15) is 0 Å². The Balaban J connectivity index is 2.30. The molecule has 0 unspecified atom stereocenters. The van der Waals surface area contributed by atoms with Crippen molar-refractivity contribution in [1.29, 1.82) is 0 Å². The normalized spacial score (nSPS) is 10.1. The smallest absolute Gasteiger partial charge is 0.319 e. The van der Waals surface area contributed by atoms with E-state index in [4.69, 9.17) is 25.8 Å². The standard InChI is InChI=1S/C12H10BrClN2O3/c1-17-7-3-4-10(8(13)5-7)19-11-9(14)6-15-12(16-11)18-2/h3-6H,1-2H3. The van der Waals surface area contributed by atoms with Gasteiger partial charge in [-0.15, -0.1) is 0 Å². The molecule has 0 saturated heterocycles. The van der Waals surface area contributed by atoms with Crippen LogP contribution < -0.4 is 14.2 Å². The molecule has 0 atom stereocenters. The SMILES string of the molecule is COc1ccc(Oc2nc(OC)ncc2Cl)c(Br)c1. The van der Waals surface area contributed by atoms with Crippen molar-refractivity contribution >= 4 is 27.5 Å². The number of benzene rings is 1. The first-order chi connectivity index (χ1) is 9.13. The summed E-state index contributed by atoms with van der Waals surface area (Å²) in [6.07, 6.45) is 1.42. The molecule has 0 aliphatic rings. The highest BCUT2D eigenvalue weighted by Crippen LogP contribution is 2.34. The van der Waals surface area contributed by atoms with Crippen LogP contribution in [0.25, 0.3) is 0 Å². The molecule has 0 amide bonds. The number of halogens is 2. The van der Waals surface area contributed by atoms with Gasteiger partial charge in [0.15, 0.2) is 0 Å². The van der Waals surface area contributed by atoms with Crippen molar-refractivity contribution in [2.75, 3.05) is 14.2 Å². The highest BCUT2D eigenvalue weighted by Gasteiger charge is 2.11. The third-order valence-corrected chi connectivity index (χ3v) is 3.10. The predicted octanol–water partition coefficient (Wildman–Crippen LogP) is 3.70. The van der Waals surface area contributed by atoms with Crippen LogP contribution in [0.4, 0.5) is 0 Å². The lowest BCUT2D eigenvalue weighted by Gasteiger charge is -2.09. The Kier molecular flexibility index (Phi) is 4.44. The van der Waals surface area contributed by atoms with Gasteiger partial charge in [-0.3, -0.25) is 0 Å². The van der Waals surface area contributed by atoms with Crippen LogP contribution in [0, 0.1) is 0 Å². The highest BCUT2D eigenvalue weighted by atomic mass is 79.9. The Morgan fingerprint density at radius 2 is 2.00 bits per heavy atom.